The summed E-state index contributed by atoms with van der Waals surface area (Å²) < 4.78 is 32.7. The molecule has 0 atom stereocenters. The average molecular weight is 484 g/mol. The van der Waals surface area contributed by atoms with Crippen LogP contribution in [0.4, 0.5) is 5.69 Å². The second-order valence-corrected chi connectivity index (χ2v) is 11.1. The number of para-hydroxylation sites is 1. The fourth-order valence-corrected chi connectivity index (χ4v) is 6.21. The number of ether oxygens (including phenoxy) is 1. The number of primary amides is 1. The Kier molecular flexibility index (Phi) is 6.26. The minimum Gasteiger partial charge on any atom is -0.485 e. The first-order valence-corrected chi connectivity index (χ1v) is 12.6. The monoisotopic (exact) mass is 483 g/mol. The Balaban J connectivity index is 1.53. The number of nitrogens with two attached hydrogens (primary N) is 1. The summed E-state index contributed by atoms with van der Waals surface area (Å²) in [6.45, 7) is 4.69. The minimum atomic E-state index is -3.72. The van der Waals surface area contributed by atoms with E-state index in [0.29, 0.717) is 13.1 Å². The van der Waals surface area contributed by atoms with E-state index in [0.717, 1.165) is 29.8 Å². The number of nitrogens with zero attached hydrogens (tertiary/aromatic N) is 2. The lowest BCUT2D eigenvalue weighted by Gasteiger charge is -2.24. The predicted molar refractivity (Wildman–Crippen MR) is 129 cm³/mol. The molecule has 34 heavy (non-hydrogen) atoms. The van der Waals surface area contributed by atoms with Crippen LogP contribution >= 0.6 is 0 Å². The molecule has 0 saturated carbocycles. The van der Waals surface area contributed by atoms with Gasteiger partial charge in [0.25, 0.3) is 5.91 Å². The van der Waals surface area contributed by atoms with Crippen LogP contribution in [-0.2, 0) is 20.2 Å². The zero-order valence-electron chi connectivity index (χ0n) is 19.6. The van der Waals surface area contributed by atoms with E-state index >= 15 is 0 Å². The van der Waals surface area contributed by atoms with Gasteiger partial charge in [0.15, 0.2) is 12.4 Å². The van der Waals surface area contributed by atoms with Crippen LogP contribution < -0.4 is 15.4 Å². The number of anilines is 1. The molecule has 2 aromatic carbocycles. The van der Waals surface area contributed by atoms with Gasteiger partial charge >= 0.3 is 0 Å². The van der Waals surface area contributed by atoms with Gasteiger partial charge in [0, 0.05) is 43.0 Å². The largest absolute Gasteiger partial charge is 0.485 e. The minimum absolute atomic E-state index is 0.0175. The lowest BCUT2D eigenvalue weighted by atomic mass is 9.83. The maximum absolute atomic E-state index is 12.8. The summed E-state index contributed by atoms with van der Waals surface area (Å²) in [7, 11) is -1.80. The molecule has 1 fully saturated rings. The zero-order chi connectivity index (χ0) is 24.7. The van der Waals surface area contributed by atoms with E-state index in [2.05, 4.69) is 13.8 Å². The SMILES string of the molecule is CN1C(=CC(=O)COc2ccc(S(=O)(=O)N3CCCC3)cc2C(N)=O)C(C)(C)c2ccccc21. The highest BCUT2D eigenvalue weighted by atomic mass is 32.2. The predicted octanol–water partition coefficient (Wildman–Crippen LogP) is 2.83. The molecule has 2 aliphatic rings. The molecule has 4 rings (SSSR count). The first-order chi connectivity index (χ1) is 16.0. The number of hydrogen-bond donors (Lipinski definition) is 1. The van der Waals surface area contributed by atoms with Crippen LogP contribution in [0.3, 0.4) is 0 Å². The summed E-state index contributed by atoms with van der Waals surface area (Å²) in [5.41, 5.74) is 8.06. The third-order valence-electron chi connectivity index (χ3n) is 6.53. The second-order valence-electron chi connectivity index (χ2n) is 9.12. The summed E-state index contributed by atoms with van der Waals surface area (Å²) in [5, 5.41) is 0. The van der Waals surface area contributed by atoms with Crippen molar-refractivity contribution in [1.82, 2.24) is 4.31 Å². The molecule has 0 bridgehead atoms. The standard InChI is InChI=1S/C25H29N3O5S/c1-25(2)20-8-4-5-9-21(20)27(3)23(25)14-17(29)16-33-22-11-10-18(15-19(22)24(26)30)34(31,32)28-12-6-7-13-28/h4-5,8-11,14-15H,6-7,12-13,16H2,1-3H3,(H2,26,30). The van der Waals surface area contributed by atoms with Gasteiger partial charge in [-0.25, -0.2) is 8.42 Å². The van der Waals surface area contributed by atoms with Crippen LogP contribution in [0.2, 0.25) is 0 Å². The topological polar surface area (TPSA) is 110 Å². The molecule has 0 unspecified atom stereocenters. The molecular weight excluding hydrogens is 454 g/mol. The van der Waals surface area contributed by atoms with Crippen molar-refractivity contribution < 1.29 is 22.7 Å². The van der Waals surface area contributed by atoms with Crippen molar-refractivity contribution in [2.75, 3.05) is 31.6 Å². The number of allylic oxidation sites excluding steroid dienone is 1. The van der Waals surface area contributed by atoms with Gasteiger partial charge in [-0.2, -0.15) is 4.31 Å². The van der Waals surface area contributed by atoms with Crippen molar-refractivity contribution in [3.05, 3.63) is 65.4 Å². The molecule has 8 nitrogen and oxygen atoms in total. The molecule has 0 aromatic heterocycles. The number of carbonyl (C=O) groups excluding carboxylic acids is 2. The number of likely N-dealkylation sites (N-methyl/N-ethyl adjacent to an activating group) is 1. The third-order valence-corrected chi connectivity index (χ3v) is 8.42. The van der Waals surface area contributed by atoms with E-state index in [4.69, 9.17) is 10.5 Å². The molecule has 2 aromatic rings. The highest BCUT2D eigenvalue weighted by Gasteiger charge is 2.38. The first kappa shape index (κ1) is 24.0. The third kappa shape index (κ3) is 4.21. The van der Waals surface area contributed by atoms with Gasteiger partial charge in [-0.3, -0.25) is 9.59 Å². The highest BCUT2D eigenvalue weighted by molar-refractivity contribution is 7.89. The Hall–Kier alpha value is -3.17. The van der Waals surface area contributed by atoms with Crippen molar-refractivity contribution in [3.8, 4) is 5.75 Å². The van der Waals surface area contributed by atoms with E-state index in [-0.39, 0.29) is 34.0 Å². The lowest BCUT2D eigenvalue weighted by molar-refractivity contribution is -0.116. The molecular formula is C25H29N3O5S. The highest BCUT2D eigenvalue weighted by Crippen LogP contribution is 2.46. The van der Waals surface area contributed by atoms with Gasteiger partial charge in [0.2, 0.25) is 10.0 Å². The number of amides is 1. The van der Waals surface area contributed by atoms with Crippen LogP contribution in [0.1, 0.15) is 42.6 Å². The Morgan fingerprint density at radius 2 is 1.79 bits per heavy atom. The smallest absolute Gasteiger partial charge is 0.252 e. The van der Waals surface area contributed by atoms with Crippen molar-refractivity contribution in [2.24, 2.45) is 5.73 Å². The number of carbonyl (C=O) groups is 2. The normalized spacial score (nSPS) is 18.8. The number of fused-ring (bicyclic) bond motifs is 1. The van der Waals surface area contributed by atoms with Crippen LogP contribution in [0.15, 0.2) is 59.1 Å². The molecule has 9 heteroatoms. The van der Waals surface area contributed by atoms with Crippen LogP contribution in [0.25, 0.3) is 0 Å². The molecule has 1 saturated heterocycles. The summed E-state index contributed by atoms with van der Waals surface area (Å²) >= 11 is 0. The molecule has 180 valence electrons. The van der Waals surface area contributed by atoms with Gasteiger partial charge in [-0.1, -0.05) is 32.0 Å². The van der Waals surface area contributed by atoms with E-state index in [9.17, 15) is 18.0 Å². The molecule has 1 amide bonds. The summed E-state index contributed by atoms with van der Waals surface area (Å²) in [5.74, 6) is -1.04. The molecule has 2 N–H and O–H groups in total. The number of rotatable bonds is 7. The second kappa shape index (κ2) is 8.88. The fourth-order valence-electron chi connectivity index (χ4n) is 4.67. The fraction of sp³-hybridized carbons (Fsp3) is 0.360. The summed E-state index contributed by atoms with van der Waals surface area (Å²) in [6.07, 6.45) is 3.16. The quantitative estimate of drug-likeness (QED) is 0.607. The van der Waals surface area contributed by atoms with Gasteiger partial charge in [-0.15, -0.1) is 0 Å². The molecule has 0 aliphatic carbocycles. The van der Waals surface area contributed by atoms with E-state index in [1.165, 1.54) is 22.5 Å². The number of hydrogen-bond acceptors (Lipinski definition) is 6. The number of ketones is 1. The van der Waals surface area contributed by atoms with Gasteiger partial charge in [-0.05, 0) is 42.7 Å². The van der Waals surface area contributed by atoms with E-state index < -0.39 is 15.9 Å². The Morgan fingerprint density at radius 1 is 1.12 bits per heavy atom. The Labute approximate surface area is 200 Å². The average Bonchev–Trinajstić information content (AvgIpc) is 3.41. The van der Waals surface area contributed by atoms with Gasteiger partial charge in [0.1, 0.15) is 5.75 Å². The molecule has 2 heterocycles. The first-order valence-electron chi connectivity index (χ1n) is 11.2. The Morgan fingerprint density at radius 3 is 2.44 bits per heavy atom. The maximum atomic E-state index is 12.8. The molecule has 0 radical (unpaired) electrons. The maximum Gasteiger partial charge on any atom is 0.252 e. The van der Waals surface area contributed by atoms with Crippen LogP contribution in [0.5, 0.6) is 5.75 Å². The van der Waals surface area contributed by atoms with Gasteiger partial charge in [0.05, 0.1) is 10.5 Å². The van der Waals surface area contributed by atoms with Crippen molar-refractivity contribution in [3.63, 3.8) is 0 Å². The van der Waals surface area contributed by atoms with Gasteiger partial charge < -0.3 is 15.4 Å². The summed E-state index contributed by atoms with van der Waals surface area (Å²) in [6, 6.07) is 12.0. The van der Waals surface area contributed by atoms with E-state index in [1.807, 2.05) is 36.2 Å². The van der Waals surface area contributed by atoms with Crippen LogP contribution in [0, 0.1) is 0 Å². The Bertz CT molecular complexity index is 1280. The van der Waals surface area contributed by atoms with E-state index in [1.54, 1.807) is 6.08 Å². The van der Waals surface area contributed by atoms with Crippen molar-refractivity contribution >= 4 is 27.4 Å². The summed E-state index contributed by atoms with van der Waals surface area (Å²) in [4.78, 5) is 26.8. The molecule has 0 spiro atoms. The van der Waals surface area contributed by atoms with Crippen molar-refractivity contribution in [1.29, 1.82) is 0 Å². The van der Waals surface area contributed by atoms with Crippen molar-refractivity contribution in [2.45, 2.75) is 37.0 Å². The number of benzene rings is 2. The lowest BCUT2D eigenvalue weighted by Crippen LogP contribution is -2.28. The van der Waals surface area contributed by atoms with Crippen LogP contribution in [-0.4, -0.2) is 51.2 Å². The number of sulfonamides is 1. The molecule has 2 aliphatic heterocycles. The zero-order valence-corrected chi connectivity index (χ0v) is 20.4.